The highest BCUT2D eigenvalue weighted by molar-refractivity contribution is 7.98. The van der Waals surface area contributed by atoms with Crippen LogP contribution in [0.4, 0.5) is 4.39 Å². The van der Waals surface area contributed by atoms with Gasteiger partial charge in [0.2, 0.25) is 0 Å². The lowest BCUT2D eigenvalue weighted by atomic mass is 10.1. The van der Waals surface area contributed by atoms with Gasteiger partial charge < -0.3 is 4.57 Å². The number of allylic oxidation sites excluding steroid dienone is 4. The number of aromatic nitrogens is 4. The van der Waals surface area contributed by atoms with Crippen LogP contribution in [0.5, 0.6) is 0 Å². The third-order valence-electron chi connectivity index (χ3n) is 3.93. The van der Waals surface area contributed by atoms with Crippen LogP contribution in [0.1, 0.15) is 25.0 Å². The number of halogens is 2. The maximum atomic E-state index is 13.7. The van der Waals surface area contributed by atoms with E-state index in [0.717, 1.165) is 11.1 Å². The number of hydrogen-bond acceptors (Lipinski definition) is 4. The first-order valence-electron chi connectivity index (χ1n) is 8.61. The Morgan fingerprint density at radius 3 is 2.96 bits per heavy atom. The van der Waals surface area contributed by atoms with Gasteiger partial charge in [-0.25, -0.2) is 9.37 Å². The molecule has 0 amide bonds. The van der Waals surface area contributed by atoms with Gasteiger partial charge in [-0.1, -0.05) is 41.6 Å². The van der Waals surface area contributed by atoms with E-state index < -0.39 is 0 Å². The first-order valence-corrected chi connectivity index (χ1v) is 9.97. The monoisotopic (exact) mass is 420 g/mol. The molecule has 2 aromatic rings. The van der Waals surface area contributed by atoms with Gasteiger partial charge in [-0.05, 0) is 49.6 Å². The molecule has 0 saturated heterocycles. The molecule has 0 radical (unpaired) electrons. The number of aromatic amines is 1. The van der Waals surface area contributed by atoms with Crippen molar-refractivity contribution in [3.05, 3.63) is 86.8 Å². The van der Waals surface area contributed by atoms with Gasteiger partial charge in [0.05, 0.1) is 0 Å². The summed E-state index contributed by atoms with van der Waals surface area (Å²) in [6, 6.07) is 4.99. The van der Waals surface area contributed by atoms with Crippen LogP contribution in [0.2, 0.25) is 0 Å². The molecule has 5 nitrogen and oxygen atoms in total. The average molecular weight is 421 g/mol. The second kappa shape index (κ2) is 10.8. The van der Waals surface area contributed by atoms with Crippen molar-refractivity contribution in [2.24, 2.45) is 0 Å². The Kier molecular flexibility index (Phi) is 8.47. The molecule has 0 aliphatic rings. The van der Waals surface area contributed by atoms with Crippen molar-refractivity contribution < 1.29 is 4.39 Å². The maximum Gasteiger partial charge on any atom is 0.271 e. The molecule has 0 spiro atoms. The van der Waals surface area contributed by atoms with Crippen molar-refractivity contribution in [3.8, 4) is 0 Å². The van der Waals surface area contributed by atoms with Crippen LogP contribution in [0.3, 0.4) is 0 Å². The molecule has 2 rings (SSSR count). The third kappa shape index (κ3) is 6.35. The fraction of sp³-hybridized carbons (Fsp3) is 0.250. The van der Waals surface area contributed by atoms with E-state index in [1.807, 2.05) is 26.0 Å². The summed E-state index contributed by atoms with van der Waals surface area (Å²) in [5, 5.41) is 7.79. The summed E-state index contributed by atoms with van der Waals surface area (Å²) in [5.74, 6) is 0.290. The Hall–Kier alpha value is -2.38. The lowest BCUT2D eigenvalue weighted by Crippen LogP contribution is -2.17. The fourth-order valence-corrected chi connectivity index (χ4v) is 3.32. The number of hydrogen-bond donors (Lipinski definition) is 1. The molecule has 0 unspecified atom stereocenters. The Morgan fingerprint density at radius 1 is 1.43 bits per heavy atom. The normalized spacial score (nSPS) is 12.0. The molecule has 1 aromatic heterocycles. The molecule has 1 N–H and O–H groups in total. The molecule has 148 valence electrons. The van der Waals surface area contributed by atoms with Gasteiger partial charge in [-0.3, -0.25) is 9.89 Å². The van der Waals surface area contributed by atoms with Gasteiger partial charge in [0.15, 0.2) is 5.16 Å². The minimum Gasteiger partial charge on any atom is -0.308 e. The lowest BCUT2D eigenvalue weighted by molar-refractivity contribution is 0.616. The Balaban J connectivity index is 2.25. The Labute approximate surface area is 172 Å². The molecule has 1 heterocycles. The third-order valence-corrected chi connectivity index (χ3v) is 5.30. The molecule has 0 saturated carbocycles. The standard InChI is InChI=1S/C20H22ClFN4OS/c1-4-6-17(21)14(2)12-26-10-9-23-20(25-24-11-19(26)27)28-13-16-7-5-8-18(22)15(16)3/h4-11H,12-13H2,1-3H3,(H,23,25)/b6-4-,10-9?,17-14+,24-11?. The van der Waals surface area contributed by atoms with Gasteiger partial charge >= 0.3 is 0 Å². The van der Waals surface area contributed by atoms with E-state index in [-0.39, 0.29) is 11.4 Å². The summed E-state index contributed by atoms with van der Waals surface area (Å²) in [7, 11) is 0. The van der Waals surface area contributed by atoms with Crippen LogP contribution in [0.15, 0.2) is 69.5 Å². The highest BCUT2D eigenvalue weighted by atomic mass is 35.5. The molecular weight excluding hydrogens is 399 g/mol. The molecular formula is C20H22ClFN4OS. The lowest BCUT2D eigenvalue weighted by Gasteiger charge is -2.05. The Bertz CT molecular complexity index is 996. The molecule has 0 aliphatic carbocycles. The van der Waals surface area contributed by atoms with Gasteiger partial charge in [0.25, 0.3) is 5.56 Å². The summed E-state index contributed by atoms with van der Waals surface area (Å²) >= 11 is 7.55. The predicted molar refractivity (Wildman–Crippen MR) is 112 cm³/mol. The number of H-pyrrole nitrogens is 1. The van der Waals surface area contributed by atoms with Crippen molar-refractivity contribution in [2.45, 2.75) is 38.2 Å². The highest BCUT2D eigenvalue weighted by Crippen LogP contribution is 2.21. The maximum absolute atomic E-state index is 13.7. The first-order chi connectivity index (χ1) is 13.4. The van der Waals surface area contributed by atoms with Crippen LogP contribution in [0, 0.1) is 12.7 Å². The quantitative estimate of drug-likeness (QED) is 0.532. The number of nitrogens with one attached hydrogen (secondary N) is 1. The van der Waals surface area contributed by atoms with Crippen molar-refractivity contribution in [3.63, 3.8) is 0 Å². The number of rotatable bonds is 6. The number of nitrogens with zero attached hydrogens (tertiary/aromatic N) is 3. The summed E-state index contributed by atoms with van der Waals surface area (Å²) in [4.78, 5) is 16.6. The van der Waals surface area contributed by atoms with Crippen molar-refractivity contribution in [1.29, 1.82) is 0 Å². The second-order valence-corrected chi connectivity index (χ2v) is 7.38. The molecule has 1 aromatic carbocycles. The van der Waals surface area contributed by atoms with E-state index in [1.54, 1.807) is 25.3 Å². The summed E-state index contributed by atoms with van der Waals surface area (Å²) in [6.45, 7) is 5.80. The molecule has 0 atom stereocenters. The molecule has 0 fully saturated rings. The van der Waals surface area contributed by atoms with Crippen molar-refractivity contribution >= 4 is 23.4 Å². The van der Waals surface area contributed by atoms with Crippen LogP contribution in [-0.4, -0.2) is 19.7 Å². The van der Waals surface area contributed by atoms with Crippen molar-refractivity contribution in [2.75, 3.05) is 0 Å². The van der Waals surface area contributed by atoms with Gasteiger partial charge in [0, 0.05) is 29.7 Å². The van der Waals surface area contributed by atoms with Crippen LogP contribution < -0.4 is 5.56 Å². The van der Waals surface area contributed by atoms with E-state index in [2.05, 4.69) is 15.2 Å². The first kappa shape index (κ1) is 21.9. The van der Waals surface area contributed by atoms with Gasteiger partial charge in [-0.2, -0.15) is 5.10 Å². The highest BCUT2D eigenvalue weighted by Gasteiger charge is 2.05. The van der Waals surface area contributed by atoms with Crippen LogP contribution in [-0.2, 0) is 12.3 Å². The van der Waals surface area contributed by atoms with E-state index in [0.29, 0.717) is 28.0 Å². The molecule has 0 bridgehead atoms. The summed E-state index contributed by atoms with van der Waals surface area (Å²) in [5.41, 5.74) is 2.03. The van der Waals surface area contributed by atoms with E-state index in [4.69, 9.17) is 11.6 Å². The predicted octanol–water partition coefficient (Wildman–Crippen LogP) is 4.92. The van der Waals surface area contributed by atoms with E-state index >= 15 is 0 Å². The van der Waals surface area contributed by atoms with Crippen molar-refractivity contribution in [1.82, 2.24) is 19.7 Å². The molecule has 28 heavy (non-hydrogen) atoms. The SMILES string of the molecule is C/C=C\C(Cl)=C(\C)Cn1ccnc(SCc2cccc(F)c2C)[nH]ncc1=O. The minimum atomic E-state index is -0.296. The van der Waals surface area contributed by atoms with Gasteiger partial charge in [0.1, 0.15) is 12.0 Å². The number of benzene rings is 1. The summed E-state index contributed by atoms with van der Waals surface area (Å²) < 4.78 is 15.1. The molecule has 0 aliphatic heterocycles. The zero-order chi connectivity index (χ0) is 20.5. The van der Waals surface area contributed by atoms with Crippen LogP contribution >= 0.6 is 23.4 Å². The summed E-state index contributed by atoms with van der Waals surface area (Å²) in [6.07, 6.45) is 7.91. The largest absolute Gasteiger partial charge is 0.308 e. The average Bonchev–Trinajstić information content (AvgIpc) is 2.74. The zero-order valence-corrected chi connectivity index (χ0v) is 17.5. The van der Waals surface area contributed by atoms with Crippen LogP contribution in [0.25, 0.3) is 0 Å². The number of thioether (sulfide) groups is 1. The smallest absolute Gasteiger partial charge is 0.271 e. The molecule has 8 heteroatoms. The van der Waals surface area contributed by atoms with E-state index in [9.17, 15) is 9.18 Å². The van der Waals surface area contributed by atoms with E-state index in [1.165, 1.54) is 34.8 Å². The fourth-order valence-electron chi connectivity index (χ4n) is 2.28. The second-order valence-electron chi connectivity index (χ2n) is 6.01. The topological polar surface area (TPSA) is 63.6 Å². The van der Waals surface area contributed by atoms with Gasteiger partial charge in [-0.15, -0.1) is 0 Å². The Morgan fingerprint density at radius 2 is 2.21 bits per heavy atom. The minimum absolute atomic E-state index is 0.235. The zero-order valence-electron chi connectivity index (χ0n) is 15.9.